The molecule has 9 nitrogen and oxygen atoms in total. The zero-order valence-corrected chi connectivity index (χ0v) is 11.1. The van der Waals surface area contributed by atoms with E-state index in [-0.39, 0.29) is 12.3 Å². The summed E-state index contributed by atoms with van der Waals surface area (Å²) in [7, 11) is 0. The first-order chi connectivity index (χ1) is 9.97. The van der Waals surface area contributed by atoms with Crippen LogP contribution in [0, 0.1) is 0 Å². The first-order valence-corrected chi connectivity index (χ1v) is 6.25. The Balaban J connectivity index is 1.99. The van der Waals surface area contributed by atoms with E-state index in [1.165, 1.54) is 23.4 Å². The maximum Gasteiger partial charge on any atom is 0.320 e. The van der Waals surface area contributed by atoms with Crippen LogP contribution in [0.1, 0.15) is 16.2 Å². The summed E-state index contributed by atoms with van der Waals surface area (Å²) in [5, 5.41) is 8.74. The van der Waals surface area contributed by atoms with Crippen LogP contribution >= 0.6 is 0 Å². The largest absolute Gasteiger partial charge is 0.480 e. The van der Waals surface area contributed by atoms with Crippen molar-refractivity contribution in [3.63, 3.8) is 0 Å². The molecule has 2 heterocycles. The van der Waals surface area contributed by atoms with Gasteiger partial charge in [0, 0.05) is 30.9 Å². The number of aromatic nitrogens is 4. The van der Waals surface area contributed by atoms with Crippen LogP contribution in [0.15, 0.2) is 25.0 Å². The van der Waals surface area contributed by atoms with Crippen molar-refractivity contribution >= 4 is 11.9 Å². The normalized spacial score (nSPS) is 13.8. The van der Waals surface area contributed by atoms with Gasteiger partial charge in [-0.15, -0.1) is 0 Å². The number of carboxylic acids is 1. The predicted octanol–water partition coefficient (Wildman–Crippen LogP) is -1.23. The molecule has 6 N–H and O–H groups in total. The Bertz CT molecular complexity index is 621. The highest BCUT2D eigenvalue weighted by Gasteiger charge is 2.19. The van der Waals surface area contributed by atoms with Gasteiger partial charge in [-0.3, -0.25) is 14.2 Å². The number of nitrogens with one attached hydrogen (secondary N) is 1. The smallest absolute Gasteiger partial charge is 0.320 e. The van der Waals surface area contributed by atoms with Gasteiger partial charge in [-0.1, -0.05) is 0 Å². The second-order valence-electron chi connectivity index (χ2n) is 4.65. The molecule has 0 aliphatic heterocycles. The van der Waals surface area contributed by atoms with E-state index in [0.29, 0.717) is 12.1 Å². The Morgan fingerprint density at radius 2 is 2.10 bits per heavy atom. The fourth-order valence-electron chi connectivity index (χ4n) is 1.81. The van der Waals surface area contributed by atoms with E-state index in [2.05, 4.69) is 15.0 Å². The number of aromatic amines is 1. The molecule has 0 aromatic carbocycles. The molecule has 0 bridgehead atoms. The van der Waals surface area contributed by atoms with E-state index in [9.17, 15) is 9.59 Å². The molecule has 0 saturated heterocycles. The maximum atomic E-state index is 12.1. The molecular formula is C12H16N6O3. The Kier molecular flexibility index (Phi) is 4.45. The first-order valence-electron chi connectivity index (χ1n) is 6.25. The van der Waals surface area contributed by atoms with Crippen molar-refractivity contribution in [2.24, 2.45) is 11.5 Å². The summed E-state index contributed by atoms with van der Waals surface area (Å²) in [5.74, 6) is -1.46. The lowest BCUT2D eigenvalue weighted by molar-refractivity contribution is -0.138. The Morgan fingerprint density at radius 1 is 1.33 bits per heavy atom. The van der Waals surface area contributed by atoms with Crippen LogP contribution in [0.3, 0.4) is 0 Å². The van der Waals surface area contributed by atoms with E-state index in [0.717, 1.165) is 5.69 Å². The number of carbonyl (C=O) groups excluding carboxylic acids is 1. The number of carbonyl (C=O) groups is 2. The molecule has 0 radical (unpaired) electrons. The number of nitrogens with two attached hydrogens (primary N) is 2. The van der Waals surface area contributed by atoms with Crippen LogP contribution in [0.2, 0.25) is 0 Å². The molecule has 0 aliphatic rings. The van der Waals surface area contributed by atoms with Crippen LogP contribution in [-0.4, -0.2) is 48.6 Å². The molecule has 0 amide bonds. The second-order valence-corrected chi connectivity index (χ2v) is 4.65. The standard InChI is InChI=1S/C12H16N6O3/c13-9(1-7-3-15-5-16-7)11(19)18-4-8(17-6-18)2-10(14)12(20)21/h3-6,9-10H,1-2,13-14H2,(H,15,16)(H,20,21)/t9-,10-/m0/s1. The number of H-pyrrole nitrogens is 1. The van der Waals surface area contributed by atoms with E-state index in [4.69, 9.17) is 16.6 Å². The highest BCUT2D eigenvalue weighted by atomic mass is 16.4. The molecule has 21 heavy (non-hydrogen) atoms. The molecule has 0 unspecified atom stereocenters. The number of rotatable bonds is 6. The average molecular weight is 292 g/mol. The minimum atomic E-state index is -1.12. The monoisotopic (exact) mass is 292 g/mol. The number of hydrogen-bond acceptors (Lipinski definition) is 6. The molecule has 2 rings (SSSR count). The summed E-state index contributed by atoms with van der Waals surface area (Å²) in [6.07, 6.45) is 6.22. The lowest BCUT2D eigenvalue weighted by Crippen LogP contribution is -2.36. The summed E-state index contributed by atoms with van der Waals surface area (Å²) < 4.78 is 1.24. The van der Waals surface area contributed by atoms with E-state index < -0.39 is 18.1 Å². The fourth-order valence-corrected chi connectivity index (χ4v) is 1.81. The minimum absolute atomic E-state index is 0.0470. The molecule has 9 heteroatoms. The molecule has 112 valence electrons. The van der Waals surface area contributed by atoms with Crippen molar-refractivity contribution in [2.45, 2.75) is 24.9 Å². The summed E-state index contributed by atoms with van der Waals surface area (Å²) in [5.41, 5.74) is 12.4. The quantitative estimate of drug-likeness (QED) is 0.520. The van der Waals surface area contributed by atoms with Crippen LogP contribution in [0.25, 0.3) is 0 Å². The SMILES string of the molecule is N[C@@H](Cc1cn(C(=O)[C@@H](N)Cc2cnc[nH]2)cn1)C(=O)O. The summed E-state index contributed by atoms with van der Waals surface area (Å²) in [6.45, 7) is 0. The van der Waals surface area contributed by atoms with Gasteiger partial charge < -0.3 is 21.6 Å². The Labute approximate surface area is 120 Å². The lowest BCUT2D eigenvalue weighted by Gasteiger charge is -2.09. The van der Waals surface area contributed by atoms with Crippen molar-refractivity contribution in [2.75, 3.05) is 0 Å². The van der Waals surface area contributed by atoms with Gasteiger partial charge in [-0.2, -0.15) is 0 Å². The van der Waals surface area contributed by atoms with Crippen molar-refractivity contribution in [1.82, 2.24) is 19.5 Å². The molecule has 2 aromatic heterocycles. The topological polar surface area (TPSA) is 153 Å². The van der Waals surface area contributed by atoms with Gasteiger partial charge in [-0.25, -0.2) is 9.97 Å². The van der Waals surface area contributed by atoms with Crippen molar-refractivity contribution in [3.05, 3.63) is 36.4 Å². The van der Waals surface area contributed by atoms with Crippen LogP contribution in [0.4, 0.5) is 0 Å². The molecule has 0 saturated carbocycles. The molecular weight excluding hydrogens is 276 g/mol. The Morgan fingerprint density at radius 3 is 2.71 bits per heavy atom. The van der Waals surface area contributed by atoms with Gasteiger partial charge in [0.1, 0.15) is 12.4 Å². The number of imidazole rings is 2. The van der Waals surface area contributed by atoms with Gasteiger partial charge in [0.05, 0.1) is 18.1 Å². The zero-order valence-electron chi connectivity index (χ0n) is 11.1. The van der Waals surface area contributed by atoms with Gasteiger partial charge in [0.15, 0.2) is 0 Å². The third kappa shape index (κ3) is 3.74. The first kappa shape index (κ1) is 14.9. The van der Waals surface area contributed by atoms with Crippen LogP contribution in [-0.2, 0) is 17.6 Å². The van der Waals surface area contributed by atoms with Crippen molar-refractivity contribution in [1.29, 1.82) is 0 Å². The highest BCUT2D eigenvalue weighted by Crippen LogP contribution is 2.04. The second kappa shape index (κ2) is 6.29. The van der Waals surface area contributed by atoms with Crippen LogP contribution in [0.5, 0.6) is 0 Å². The number of hydrogen-bond donors (Lipinski definition) is 4. The molecule has 0 aliphatic carbocycles. The Hall–Kier alpha value is -2.52. The number of nitrogens with zero attached hydrogens (tertiary/aromatic N) is 3. The lowest BCUT2D eigenvalue weighted by atomic mass is 10.1. The summed E-state index contributed by atoms with van der Waals surface area (Å²) in [4.78, 5) is 33.5. The minimum Gasteiger partial charge on any atom is -0.480 e. The molecule has 0 spiro atoms. The third-order valence-electron chi connectivity index (χ3n) is 2.95. The van der Waals surface area contributed by atoms with E-state index in [1.54, 1.807) is 6.20 Å². The summed E-state index contributed by atoms with van der Waals surface area (Å²) >= 11 is 0. The van der Waals surface area contributed by atoms with Gasteiger partial charge in [0.2, 0.25) is 5.91 Å². The van der Waals surface area contributed by atoms with E-state index in [1.807, 2.05) is 0 Å². The van der Waals surface area contributed by atoms with Gasteiger partial charge >= 0.3 is 5.97 Å². The molecule has 2 aromatic rings. The van der Waals surface area contributed by atoms with E-state index >= 15 is 0 Å². The van der Waals surface area contributed by atoms with Crippen molar-refractivity contribution in [3.8, 4) is 0 Å². The molecule has 2 atom stereocenters. The van der Waals surface area contributed by atoms with Crippen molar-refractivity contribution < 1.29 is 14.7 Å². The zero-order chi connectivity index (χ0) is 15.4. The van der Waals surface area contributed by atoms with Crippen LogP contribution < -0.4 is 11.5 Å². The number of aliphatic carboxylic acids is 1. The maximum absolute atomic E-state index is 12.1. The predicted molar refractivity (Wildman–Crippen MR) is 72.4 cm³/mol. The fraction of sp³-hybridized carbons (Fsp3) is 0.333. The summed E-state index contributed by atoms with van der Waals surface area (Å²) in [6, 6.07) is -1.80. The average Bonchev–Trinajstić information content (AvgIpc) is 3.09. The molecule has 0 fully saturated rings. The number of carboxylic acid groups (broad SMARTS) is 1. The van der Waals surface area contributed by atoms with Gasteiger partial charge in [0.25, 0.3) is 0 Å². The van der Waals surface area contributed by atoms with Gasteiger partial charge in [-0.05, 0) is 0 Å². The highest BCUT2D eigenvalue weighted by molar-refractivity contribution is 5.84. The third-order valence-corrected chi connectivity index (χ3v) is 2.95.